The van der Waals surface area contributed by atoms with Crippen LogP contribution in [0.2, 0.25) is 0 Å². The van der Waals surface area contributed by atoms with Gasteiger partial charge in [-0.05, 0) is 18.8 Å². The maximum Gasteiger partial charge on any atom is 0.213 e. The van der Waals surface area contributed by atoms with Gasteiger partial charge in [0.1, 0.15) is 0 Å². The summed E-state index contributed by atoms with van der Waals surface area (Å²) in [6.45, 7) is 2.01. The number of hydrogen-bond acceptors (Lipinski definition) is 2. The highest BCUT2D eigenvalue weighted by atomic mass is 35.5. The van der Waals surface area contributed by atoms with E-state index in [0.29, 0.717) is 0 Å². The fourth-order valence-electron chi connectivity index (χ4n) is 1.47. The molecule has 3 nitrogen and oxygen atoms in total. The second-order valence-electron chi connectivity index (χ2n) is 3.91. The van der Waals surface area contributed by atoms with Gasteiger partial charge >= 0.3 is 0 Å². The summed E-state index contributed by atoms with van der Waals surface area (Å²) in [5.74, 6) is 0.934. The van der Waals surface area contributed by atoms with Crippen LogP contribution in [0, 0.1) is 5.92 Å². The molecule has 1 fully saturated rings. The Kier molecular flexibility index (Phi) is 4.67. The lowest BCUT2D eigenvalue weighted by molar-refractivity contribution is 0.496. The van der Waals surface area contributed by atoms with Gasteiger partial charge in [-0.2, -0.15) is 0 Å². The van der Waals surface area contributed by atoms with E-state index in [-0.39, 0.29) is 17.7 Å². The lowest BCUT2D eigenvalue weighted by Crippen LogP contribution is -2.36. The minimum Gasteiger partial charge on any atom is -0.212 e. The van der Waals surface area contributed by atoms with Crippen molar-refractivity contribution in [2.75, 3.05) is 11.6 Å². The van der Waals surface area contributed by atoms with Crippen LogP contribution in [0.1, 0.15) is 32.6 Å². The van der Waals surface area contributed by atoms with E-state index in [1.54, 1.807) is 0 Å². The molecule has 1 rings (SSSR count). The summed E-state index contributed by atoms with van der Waals surface area (Å²) in [6.07, 6.45) is 4.36. The van der Waals surface area contributed by atoms with Crippen LogP contribution >= 0.6 is 11.6 Å². The molecule has 0 aliphatic heterocycles. The number of rotatable bonds is 7. The van der Waals surface area contributed by atoms with Gasteiger partial charge in [0.2, 0.25) is 10.0 Å². The number of nitrogens with one attached hydrogen (secondary N) is 1. The third-order valence-corrected chi connectivity index (χ3v) is 4.35. The highest BCUT2D eigenvalue weighted by Gasteiger charge is 2.26. The third-order valence-electron chi connectivity index (χ3n) is 2.50. The van der Waals surface area contributed by atoms with Crippen molar-refractivity contribution in [3.63, 3.8) is 0 Å². The van der Waals surface area contributed by atoms with E-state index in [1.165, 1.54) is 12.8 Å². The maximum absolute atomic E-state index is 11.4. The van der Waals surface area contributed by atoms with E-state index in [1.807, 2.05) is 6.92 Å². The summed E-state index contributed by atoms with van der Waals surface area (Å²) in [5, 5.41) is 0. The molecule has 84 valence electrons. The average molecular weight is 240 g/mol. The molecule has 1 saturated carbocycles. The molecule has 0 amide bonds. The van der Waals surface area contributed by atoms with Gasteiger partial charge in [0, 0.05) is 11.9 Å². The molecule has 1 aliphatic carbocycles. The molecule has 1 atom stereocenters. The van der Waals surface area contributed by atoms with E-state index >= 15 is 0 Å². The predicted octanol–water partition coefficient (Wildman–Crippen LogP) is 1.72. The minimum atomic E-state index is -3.14. The molecule has 0 aromatic heterocycles. The van der Waals surface area contributed by atoms with E-state index in [0.717, 1.165) is 18.8 Å². The van der Waals surface area contributed by atoms with Crippen LogP contribution in [0.5, 0.6) is 0 Å². The van der Waals surface area contributed by atoms with Crippen molar-refractivity contribution in [2.24, 2.45) is 5.92 Å². The molecule has 0 radical (unpaired) electrons. The molecule has 1 N–H and O–H groups in total. The Hall–Kier alpha value is 0.200. The summed E-state index contributed by atoms with van der Waals surface area (Å²) in [7, 11) is -3.14. The van der Waals surface area contributed by atoms with Gasteiger partial charge in [-0.1, -0.05) is 19.8 Å². The monoisotopic (exact) mass is 239 g/mol. The van der Waals surface area contributed by atoms with Crippen molar-refractivity contribution in [1.29, 1.82) is 0 Å². The number of halogens is 1. The van der Waals surface area contributed by atoms with Gasteiger partial charge in [0.05, 0.1) is 5.75 Å². The van der Waals surface area contributed by atoms with Gasteiger partial charge in [-0.3, -0.25) is 0 Å². The number of sulfonamides is 1. The Bertz CT molecular complexity index is 262. The molecule has 14 heavy (non-hydrogen) atoms. The first-order valence-corrected chi connectivity index (χ1v) is 7.32. The summed E-state index contributed by atoms with van der Waals surface area (Å²) in [5.41, 5.74) is 0. The second-order valence-corrected chi connectivity index (χ2v) is 6.16. The predicted molar refractivity (Wildman–Crippen MR) is 59.1 cm³/mol. The van der Waals surface area contributed by atoms with Crippen LogP contribution < -0.4 is 4.72 Å². The Balaban J connectivity index is 2.37. The second kappa shape index (κ2) is 5.33. The van der Waals surface area contributed by atoms with Crippen LogP contribution in [-0.2, 0) is 10.0 Å². The normalized spacial score (nSPS) is 19.6. The maximum atomic E-state index is 11.4. The molecule has 0 saturated heterocycles. The van der Waals surface area contributed by atoms with E-state index in [4.69, 9.17) is 11.6 Å². The van der Waals surface area contributed by atoms with Crippen LogP contribution in [-0.4, -0.2) is 26.1 Å². The van der Waals surface area contributed by atoms with Gasteiger partial charge in [-0.25, -0.2) is 13.1 Å². The molecule has 0 aromatic rings. The van der Waals surface area contributed by atoms with Crippen molar-refractivity contribution >= 4 is 21.6 Å². The highest BCUT2D eigenvalue weighted by molar-refractivity contribution is 7.89. The van der Waals surface area contributed by atoms with Crippen molar-refractivity contribution in [3.8, 4) is 0 Å². The Labute approximate surface area is 91.3 Å². The van der Waals surface area contributed by atoms with Crippen LogP contribution in [0.25, 0.3) is 0 Å². The molecule has 5 heteroatoms. The fraction of sp³-hybridized carbons (Fsp3) is 1.00. The molecule has 0 heterocycles. The van der Waals surface area contributed by atoms with E-state index in [2.05, 4.69) is 4.72 Å². The van der Waals surface area contributed by atoms with E-state index < -0.39 is 10.0 Å². The Morgan fingerprint density at radius 1 is 1.50 bits per heavy atom. The zero-order valence-electron chi connectivity index (χ0n) is 8.50. The van der Waals surface area contributed by atoms with Gasteiger partial charge in [0.25, 0.3) is 0 Å². The van der Waals surface area contributed by atoms with Crippen molar-refractivity contribution in [2.45, 2.75) is 38.6 Å². The standard InChI is InChI=1S/C9H18ClNO2S/c1-2-9(7-8-3-4-8)11-14(12,13)6-5-10/h8-9,11H,2-7H2,1H3. The Morgan fingerprint density at radius 2 is 2.14 bits per heavy atom. The fourth-order valence-corrected chi connectivity index (χ4v) is 3.17. The zero-order valence-corrected chi connectivity index (χ0v) is 10.1. The molecular formula is C9H18ClNO2S. The lowest BCUT2D eigenvalue weighted by atomic mass is 10.1. The first-order valence-electron chi connectivity index (χ1n) is 5.13. The smallest absolute Gasteiger partial charge is 0.212 e. The highest BCUT2D eigenvalue weighted by Crippen LogP contribution is 2.34. The average Bonchev–Trinajstić information content (AvgIpc) is 2.86. The SMILES string of the molecule is CCC(CC1CC1)NS(=O)(=O)CCCl. The van der Waals surface area contributed by atoms with Crippen LogP contribution in [0.4, 0.5) is 0 Å². The van der Waals surface area contributed by atoms with E-state index in [9.17, 15) is 8.42 Å². The zero-order chi connectivity index (χ0) is 10.6. The molecule has 0 spiro atoms. The first-order chi connectivity index (χ1) is 6.57. The largest absolute Gasteiger partial charge is 0.213 e. The quantitative estimate of drug-likeness (QED) is 0.688. The molecule has 0 bridgehead atoms. The van der Waals surface area contributed by atoms with Gasteiger partial charge in [-0.15, -0.1) is 11.6 Å². The van der Waals surface area contributed by atoms with Crippen molar-refractivity contribution in [3.05, 3.63) is 0 Å². The number of hydrogen-bond donors (Lipinski definition) is 1. The topological polar surface area (TPSA) is 46.2 Å². The lowest BCUT2D eigenvalue weighted by Gasteiger charge is -2.16. The third kappa shape index (κ3) is 4.62. The Morgan fingerprint density at radius 3 is 2.57 bits per heavy atom. The van der Waals surface area contributed by atoms with Crippen molar-refractivity contribution < 1.29 is 8.42 Å². The number of alkyl halides is 1. The minimum absolute atomic E-state index is 0.0235. The summed E-state index contributed by atoms with van der Waals surface area (Å²) >= 11 is 5.41. The molecule has 1 aliphatic rings. The van der Waals surface area contributed by atoms with Gasteiger partial charge < -0.3 is 0 Å². The van der Waals surface area contributed by atoms with Crippen LogP contribution in [0.15, 0.2) is 0 Å². The van der Waals surface area contributed by atoms with Gasteiger partial charge in [0.15, 0.2) is 0 Å². The van der Waals surface area contributed by atoms with Crippen molar-refractivity contribution in [1.82, 2.24) is 4.72 Å². The summed E-state index contributed by atoms with van der Waals surface area (Å²) < 4.78 is 25.5. The molecule has 0 aromatic carbocycles. The summed E-state index contributed by atoms with van der Waals surface area (Å²) in [6, 6.07) is 0.107. The molecular weight excluding hydrogens is 222 g/mol. The summed E-state index contributed by atoms with van der Waals surface area (Å²) in [4.78, 5) is 0. The first kappa shape index (κ1) is 12.3. The molecule has 1 unspecified atom stereocenters. The van der Waals surface area contributed by atoms with Crippen LogP contribution in [0.3, 0.4) is 0 Å².